The molecule has 70 valence electrons. The molecular weight excluding hydrogens is 232 g/mol. The largest absolute Gasteiger partial charge is 0.481 e. The molecule has 1 heterocycles. The third kappa shape index (κ3) is 3.46. The van der Waals surface area contributed by atoms with Gasteiger partial charge < -0.3 is 10.1 Å². The molecule has 1 aromatic rings. The highest BCUT2D eigenvalue weighted by molar-refractivity contribution is 9.11. The van der Waals surface area contributed by atoms with Gasteiger partial charge >= 0.3 is 0 Å². The topological polar surface area (TPSA) is 34.2 Å². The number of nitrogens with one attached hydrogen (secondary N) is 1. The first kappa shape index (κ1) is 10.1. The zero-order valence-electron chi connectivity index (χ0n) is 7.38. The van der Waals surface area contributed by atoms with E-state index in [0.717, 1.165) is 10.2 Å². The first-order valence-corrected chi connectivity index (χ1v) is 4.59. The maximum Gasteiger partial charge on any atom is 0.214 e. The van der Waals surface area contributed by atoms with Crippen molar-refractivity contribution < 1.29 is 4.74 Å². The molecule has 1 aromatic heterocycles. The number of methoxy groups -OCH3 is 1. The van der Waals surface area contributed by atoms with Crippen LogP contribution in [0.25, 0.3) is 0 Å². The van der Waals surface area contributed by atoms with Crippen molar-refractivity contribution in [1.29, 1.82) is 0 Å². The number of nitrogens with zero attached hydrogens (tertiary/aromatic N) is 1. The molecule has 0 saturated carbocycles. The van der Waals surface area contributed by atoms with Crippen molar-refractivity contribution in [3.8, 4) is 5.88 Å². The lowest BCUT2D eigenvalue weighted by atomic mass is 10.4. The fourth-order valence-corrected chi connectivity index (χ4v) is 0.969. The Balaban J connectivity index is 2.61. The van der Waals surface area contributed by atoms with Crippen LogP contribution in [0.5, 0.6) is 5.88 Å². The highest BCUT2D eigenvalue weighted by Gasteiger charge is 1.95. The molecule has 0 radical (unpaired) electrons. The molecule has 0 aliphatic rings. The van der Waals surface area contributed by atoms with Crippen LogP contribution in [0.4, 0.5) is 5.69 Å². The van der Waals surface area contributed by atoms with Crippen LogP contribution in [0, 0.1) is 0 Å². The van der Waals surface area contributed by atoms with Crippen LogP contribution in [0.15, 0.2) is 29.4 Å². The van der Waals surface area contributed by atoms with Gasteiger partial charge in [-0.05, 0) is 6.07 Å². The Hall–Kier alpha value is -1.03. The van der Waals surface area contributed by atoms with Gasteiger partial charge in [-0.15, -0.1) is 0 Å². The molecular formula is C9H11BrN2O. The van der Waals surface area contributed by atoms with E-state index in [-0.39, 0.29) is 0 Å². The highest BCUT2D eigenvalue weighted by atomic mass is 79.9. The summed E-state index contributed by atoms with van der Waals surface area (Å²) in [6.07, 6.45) is 1.69. The van der Waals surface area contributed by atoms with Crippen LogP contribution in [0.3, 0.4) is 0 Å². The van der Waals surface area contributed by atoms with Crippen molar-refractivity contribution in [2.24, 2.45) is 0 Å². The number of anilines is 1. The van der Waals surface area contributed by atoms with Crippen molar-refractivity contribution in [3.63, 3.8) is 0 Å². The summed E-state index contributed by atoms with van der Waals surface area (Å²) in [5.41, 5.74) is 0.965. The molecule has 0 saturated heterocycles. The summed E-state index contributed by atoms with van der Waals surface area (Å²) < 4.78 is 5.88. The minimum atomic E-state index is 0.602. The third-order valence-electron chi connectivity index (χ3n) is 1.43. The van der Waals surface area contributed by atoms with Crippen molar-refractivity contribution in [3.05, 3.63) is 29.4 Å². The smallest absolute Gasteiger partial charge is 0.214 e. The van der Waals surface area contributed by atoms with E-state index in [1.807, 2.05) is 12.1 Å². The van der Waals surface area contributed by atoms with E-state index < -0.39 is 0 Å². The molecule has 13 heavy (non-hydrogen) atoms. The average Bonchev–Trinajstić information content (AvgIpc) is 2.15. The molecule has 0 amide bonds. The van der Waals surface area contributed by atoms with Gasteiger partial charge in [-0.3, -0.25) is 0 Å². The van der Waals surface area contributed by atoms with Crippen LogP contribution < -0.4 is 10.1 Å². The molecule has 1 rings (SSSR count). The van der Waals surface area contributed by atoms with Crippen LogP contribution >= 0.6 is 15.9 Å². The quantitative estimate of drug-likeness (QED) is 0.881. The van der Waals surface area contributed by atoms with Gasteiger partial charge in [-0.2, -0.15) is 0 Å². The molecule has 0 aliphatic heterocycles. The summed E-state index contributed by atoms with van der Waals surface area (Å²) in [5.74, 6) is 0.602. The van der Waals surface area contributed by atoms with E-state index in [9.17, 15) is 0 Å². The Morgan fingerprint density at radius 2 is 2.54 bits per heavy atom. The summed E-state index contributed by atoms with van der Waals surface area (Å²) >= 11 is 3.26. The van der Waals surface area contributed by atoms with Crippen LogP contribution in [0.2, 0.25) is 0 Å². The van der Waals surface area contributed by atoms with Crippen LogP contribution in [-0.4, -0.2) is 18.6 Å². The molecule has 0 fully saturated rings. The normalized spacial score (nSPS) is 9.38. The molecule has 0 aromatic carbocycles. The molecule has 4 heteroatoms. The maximum atomic E-state index is 4.98. The lowest BCUT2D eigenvalue weighted by Crippen LogP contribution is -2.00. The average molecular weight is 243 g/mol. The van der Waals surface area contributed by atoms with E-state index in [0.29, 0.717) is 12.4 Å². The predicted octanol–water partition coefficient (Wildman–Crippen LogP) is 2.41. The summed E-state index contributed by atoms with van der Waals surface area (Å²) in [4.78, 5) is 3.99. The second-order valence-corrected chi connectivity index (χ2v) is 3.58. The van der Waals surface area contributed by atoms with Crippen LogP contribution in [0.1, 0.15) is 0 Å². The number of hydrogen-bond acceptors (Lipinski definition) is 3. The Labute approximate surface area is 86.0 Å². The standard InChI is InChI=1S/C9H11BrN2O/c1-7(10)6-12-8-3-4-11-9(5-8)13-2/h3-5H,1,6H2,2H3,(H,11,12). The summed E-state index contributed by atoms with van der Waals surface area (Å²) in [6, 6.07) is 3.70. The number of ether oxygens (including phenoxy) is 1. The van der Waals surface area contributed by atoms with Gasteiger partial charge in [0.1, 0.15) is 0 Å². The molecule has 0 spiro atoms. The Bertz CT molecular complexity index is 301. The van der Waals surface area contributed by atoms with Crippen LogP contribution in [-0.2, 0) is 0 Å². The monoisotopic (exact) mass is 242 g/mol. The van der Waals surface area contributed by atoms with E-state index >= 15 is 0 Å². The maximum absolute atomic E-state index is 4.98. The zero-order valence-corrected chi connectivity index (χ0v) is 8.97. The van der Waals surface area contributed by atoms with Gasteiger partial charge in [0.25, 0.3) is 0 Å². The molecule has 3 nitrogen and oxygen atoms in total. The lowest BCUT2D eigenvalue weighted by molar-refractivity contribution is 0.398. The first-order chi connectivity index (χ1) is 6.22. The minimum Gasteiger partial charge on any atom is -0.481 e. The summed E-state index contributed by atoms with van der Waals surface area (Å²) in [5, 5.41) is 3.15. The minimum absolute atomic E-state index is 0.602. The van der Waals surface area contributed by atoms with E-state index in [1.54, 1.807) is 13.3 Å². The van der Waals surface area contributed by atoms with E-state index in [1.165, 1.54) is 0 Å². The fraction of sp³-hybridized carbons (Fsp3) is 0.222. The van der Waals surface area contributed by atoms with Crippen molar-refractivity contribution in [2.45, 2.75) is 0 Å². The van der Waals surface area contributed by atoms with Gasteiger partial charge in [0.15, 0.2) is 0 Å². The van der Waals surface area contributed by atoms with E-state index in [4.69, 9.17) is 4.74 Å². The van der Waals surface area contributed by atoms with Crippen molar-refractivity contribution in [2.75, 3.05) is 19.0 Å². The molecule has 0 bridgehead atoms. The molecule has 0 aliphatic carbocycles. The lowest BCUT2D eigenvalue weighted by Gasteiger charge is -2.05. The number of pyridine rings is 1. The third-order valence-corrected chi connectivity index (χ3v) is 1.71. The SMILES string of the molecule is C=C(Br)CNc1ccnc(OC)c1. The molecule has 0 unspecified atom stereocenters. The Morgan fingerprint density at radius 1 is 1.77 bits per heavy atom. The van der Waals surface area contributed by atoms with Gasteiger partial charge in [-0.25, -0.2) is 4.98 Å². The Kier molecular flexibility index (Phi) is 3.76. The summed E-state index contributed by atoms with van der Waals surface area (Å²) in [6.45, 7) is 4.41. The fourth-order valence-electron chi connectivity index (χ4n) is 0.829. The Morgan fingerprint density at radius 3 is 3.15 bits per heavy atom. The van der Waals surface area contributed by atoms with Gasteiger partial charge in [0.05, 0.1) is 7.11 Å². The van der Waals surface area contributed by atoms with Gasteiger partial charge in [-0.1, -0.05) is 22.5 Å². The zero-order chi connectivity index (χ0) is 9.68. The summed E-state index contributed by atoms with van der Waals surface area (Å²) in [7, 11) is 1.59. The second kappa shape index (κ2) is 4.87. The van der Waals surface area contributed by atoms with Crippen molar-refractivity contribution in [1.82, 2.24) is 4.98 Å². The van der Waals surface area contributed by atoms with Crippen molar-refractivity contribution >= 4 is 21.6 Å². The molecule has 0 atom stereocenters. The second-order valence-electron chi connectivity index (χ2n) is 2.46. The number of aromatic nitrogens is 1. The van der Waals surface area contributed by atoms with Gasteiger partial charge in [0, 0.05) is 29.0 Å². The van der Waals surface area contributed by atoms with Gasteiger partial charge in [0.2, 0.25) is 5.88 Å². The molecule has 1 N–H and O–H groups in total. The number of hydrogen-bond donors (Lipinski definition) is 1. The highest BCUT2D eigenvalue weighted by Crippen LogP contribution is 2.14. The first-order valence-electron chi connectivity index (χ1n) is 3.79. The predicted molar refractivity (Wildman–Crippen MR) is 57.3 cm³/mol. The number of rotatable bonds is 4. The number of halogens is 1. The van der Waals surface area contributed by atoms with E-state index in [2.05, 4.69) is 32.8 Å².